The second kappa shape index (κ2) is 4.09. The van der Waals surface area contributed by atoms with Crippen LogP contribution in [0, 0.1) is 0 Å². The largest absolute Gasteiger partial charge is 0.395 e. The Bertz CT molecular complexity index is 284. The molecular weight excluding hydrogens is 186 g/mol. The van der Waals surface area contributed by atoms with E-state index in [1.54, 1.807) is 6.07 Å². The van der Waals surface area contributed by atoms with E-state index in [1.807, 2.05) is 25.1 Å². The lowest BCUT2D eigenvalue weighted by Gasteiger charge is -2.26. The second-order valence-electron chi connectivity index (χ2n) is 3.40. The van der Waals surface area contributed by atoms with Gasteiger partial charge in [0.15, 0.2) is 0 Å². The van der Waals surface area contributed by atoms with Gasteiger partial charge in [-0.05, 0) is 11.6 Å². The average molecular weight is 200 g/mol. The van der Waals surface area contributed by atoms with E-state index < -0.39 is 5.41 Å². The highest BCUT2D eigenvalue weighted by molar-refractivity contribution is 6.31. The summed E-state index contributed by atoms with van der Waals surface area (Å²) in [7, 11) is 0. The average Bonchev–Trinajstić information content (AvgIpc) is 2.17. The summed E-state index contributed by atoms with van der Waals surface area (Å²) in [5.74, 6) is 0. The molecule has 0 spiro atoms. The molecule has 0 aliphatic carbocycles. The molecular formula is C10H14ClNO. The van der Waals surface area contributed by atoms with Crippen LogP contribution in [0.3, 0.4) is 0 Å². The van der Waals surface area contributed by atoms with Crippen molar-refractivity contribution in [3.05, 3.63) is 34.9 Å². The number of hydrogen-bond donors (Lipinski definition) is 2. The lowest BCUT2D eigenvalue weighted by Crippen LogP contribution is -2.35. The number of hydrogen-bond acceptors (Lipinski definition) is 2. The van der Waals surface area contributed by atoms with Crippen molar-refractivity contribution in [3.8, 4) is 0 Å². The number of aliphatic hydroxyl groups excluding tert-OH is 1. The van der Waals surface area contributed by atoms with Gasteiger partial charge in [-0.15, -0.1) is 0 Å². The Balaban J connectivity index is 3.12. The maximum atomic E-state index is 9.22. The molecule has 0 bridgehead atoms. The summed E-state index contributed by atoms with van der Waals surface area (Å²) in [6.45, 7) is 2.29. The molecule has 3 heteroatoms. The molecule has 2 nitrogen and oxygen atoms in total. The zero-order chi connectivity index (χ0) is 9.90. The van der Waals surface area contributed by atoms with E-state index in [9.17, 15) is 5.11 Å². The van der Waals surface area contributed by atoms with Crippen LogP contribution in [0.1, 0.15) is 12.5 Å². The Labute approximate surface area is 83.3 Å². The monoisotopic (exact) mass is 199 g/mol. The summed E-state index contributed by atoms with van der Waals surface area (Å²) in [5.41, 5.74) is 6.07. The molecule has 0 fully saturated rings. The second-order valence-corrected chi connectivity index (χ2v) is 3.81. The van der Waals surface area contributed by atoms with Gasteiger partial charge in [0.2, 0.25) is 0 Å². The zero-order valence-electron chi connectivity index (χ0n) is 7.63. The lowest BCUT2D eigenvalue weighted by atomic mass is 9.83. The summed E-state index contributed by atoms with van der Waals surface area (Å²) in [5, 5.41) is 9.88. The minimum absolute atomic E-state index is 0.00718. The SMILES string of the molecule is CC(CN)(CO)c1ccccc1Cl. The number of halogens is 1. The quantitative estimate of drug-likeness (QED) is 0.776. The Morgan fingerprint density at radius 2 is 2.08 bits per heavy atom. The van der Waals surface area contributed by atoms with Crippen LogP contribution < -0.4 is 5.73 Å². The van der Waals surface area contributed by atoms with Crippen molar-refractivity contribution in [1.82, 2.24) is 0 Å². The first-order valence-corrected chi connectivity index (χ1v) is 4.58. The predicted molar refractivity (Wildman–Crippen MR) is 54.9 cm³/mol. The summed E-state index contributed by atoms with van der Waals surface area (Å²) in [4.78, 5) is 0. The summed E-state index contributed by atoms with van der Waals surface area (Å²) in [6.07, 6.45) is 0. The number of rotatable bonds is 3. The van der Waals surface area contributed by atoms with Crippen LogP contribution in [0.4, 0.5) is 0 Å². The van der Waals surface area contributed by atoms with E-state index >= 15 is 0 Å². The van der Waals surface area contributed by atoms with Gasteiger partial charge in [-0.1, -0.05) is 36.7 Å². The van der Waals surface area contributed by atoms with Gasteiger partial charge in [-0.2, -0.15) is 0 Å². The third-order valence-corrected chi connectivity index (χ3v) is 2.65. The highest BCUT2D eigenvalue weighted by atomic mass is 35.5. The van der Waals surface area contributed by atoms with E-state index in [4.69, 9.17) is 17.3 Å². The fourth-order valence-electron chi connectivity index (χ4n) is 1.21. The molecule has 0 aromatic heterocycles. The van der Waals surface area contributed by atoms with Gasteiger partial charge in [-0.3, -0.25) is 0 Å². The number of benzene rings is 1. The fourth-order valence-corrected chi connectivity index (χ4v) is 1.57. The van der Waals surface area contributed by atoms with Crippen LogP contribution in [0.2, 0.25) is 5.02 Å². The zero-order valence-corrected chi connectivity index (χ0v) is 8.38. The molecule has 1 atom stereocenters. The molecule has 1 unspecified atom stereocenters. The van der Waals surface area contributed by atoms with Crippen molar-refractivity contribution in [2.45, 2.75) is 12.3 Å². The molecule has 1 aromatic carbocycles. The molecule has 0 amide bonds. The Kier molecular flexibility index (Phi) is 3.31. The van der Waals surface area contributed by atoms with Crippen LogP contribution >= 0.6 is 11.6 Å². The first kappa shape index (κ1) is 10.5. The van der Waals surface area contributed by atoms with E-state index in [1.165, 1.54) is 0 Å². The van der Waals surface area contributed by atoms with E-state index in [0.717, 1.165) is 5.56 Å². The summed E-state index contributed by atoms with van der Waals surface area (Å²) < 4.78 is 0. The van der Waals surface area contributed by atoms with Crippen molar-refractivity contribution >= 4 is 11.6 Å². The van der Waals surface area contributed by atoms with Gasteiger partial charge in [0.25, 0.3) is 0 Å². The van der Waals surface area contributed by atoms with Crippen molar-refractivity contribution in [2.24, 2.45) is 5.73 Å². The van der Waals surface area contributed by atoms with Crippen LogP contribution in [-0.2, 0) is 5.41 Å². The normalized spacial score (nSPS) is 15.4. The first-order valence-electron chi connectivity index (χ1n) is 4.20. The molecule has 72 valence electrons. The highest BCUT2D eigenvalue weighted by Crippen LogP contribution is 2.28. The molecule has 1 rings (SSSR count). The van der Waals surface area contributed by atoms with Crippen LogP contribution in [0.25, 0.3) is 0 Å². The van der Waals surface area contributed by atoms with Gasteiger partial charge < -0.3 is 10.8 Å². The molecule has 0 saturated heterocycles. The standard InChI is InChI=1S/C10H14ClNO/c1-10(6-12,7-13)8-4-2-3-5-9(8)11/h2-5,13H,6-7,12H2,1H3. The lowest BCUT2D eigenvalue weighted by molar-refractivity contribution is 0.210. The minimum atomic E-state index is -0.432. The molecule has 0 aliphatic rings. The predicted octanol–water partition coefficient (Wildman–Crippen LogP) is 1.55. The summed E-state index contributed by atoms with van der Waals surface area (Å²) in [6, 6.07) is 7.46. The van der Waals surface area contributed by atoms with E-state index in [0.29, 0.717) is 11.6 Å². The smallest absolute Gasteiger partial charge is 0.0537 e. The maximum absolute atomic E-state index is 9.22. The van der Waals surface area contributed by atoms with Crippen molar-refractivity contribution in [1.29, 1.82) is 0 Å². The van der Waals surface area contributed by atoms with E-state index in [2.05, 4.69) is 0 Å². The molecule has 13 heavy (non-hydrogen) atoms. The summed E-state index contributed by atoms with van der Waals surface area (Å²) >= 11 is 6.00. The van der Waals surface area contributed by atoms with Crippen molar-refractivity contribution < 1.29 is 5.11 Å². The topological polar surface area (TPSA) is 46.2 Å². The van der Waals surface area contributed by atoms with Gasteiger partial charge in [0, 0.05) is 17.0 Å². The van der Waals surface area contributed by atoms with Gasteiger partial charge >= 0.3 is 0 Å². The Morgan fingerprint density at radius 3 is 2.54 bits per heavy atom. The third kappa shape index (κ3) is 2.02. The van der Waals surface area contributed by atoms with Gasteiger partial charge in [-0.25, -0.2) is 0 Å². The molecule has 0 radical (unpaired) electrons. The third-order valence-electron chi connectivity index (χ3n) is 2.32. The Hall–Kier alpha value is -0.570. The van der Waals surface area contributed by atoms with Gasteiger partial charge in [0.1, 0.15) is 0 Å². The van der Waals surface area contributed by atoms with Crippen LogP contribution in [0.5, 0.6) is 0 Å². The minimum Gasteiger partial charge on any atom is -0.395 e. The van der Waals surface area contributed by atoms with Crippen LogP contribution in [0.15, 0.2) is 24.3 Å². The van der Waals surface area contributed by atoms with E-state index in [-0.39, 0.29) is 6.61 Å². The number of aliphatic hydroxyl groups is 1. The van der Waals surface area contributed by atoms with Gasteiger partial charge in [0.05, 0.1) is 6.61 Å². The molecule has 3 N–H and O–H groups in total. The van der Waals surface area contributed by atoms with Crippen molar-refractivity contribution in [2.75, 3.05) is 13.2 Å². The molecule has 0 aliphatic heterocycles. The molecule has 1 aromatic rings. The first-order chi connectivity index (χ1) is 6.14. The highest BCUT2D eigenvalue weighted by Gasteiger charge is 2.25. The Morgan fingerprint density at radius 1 is 1.46 bits per heavy atom. The maximum Gasteiger partial charge on any atom is 0.0537 e. The molecule has 0 heterocycles. The fraction of sp³-hybridized carbons (Fsp3) is 0.400. The van der Waals surface area contributed by atoms with Crippen LogP contribution in [-0.4, -0.2) is 18.3 Å². The van der Waals surface area contributed by atoms with Crippen molar-refractivity contribution in [3.63, 3.8) is 0 Å². The molecule has 0 saturated carbocycles. The number of nitrogens with two attached hydrogens (primary N) is 1.